The molecule has 1 aromatic carbocycles. The van der Waals surface area contributed by atoms with E-state index in [-0.39, 0.29) is 11.2 Å². The van der Waals surface area contributed by atoms with E-state index in [9.17, 15) is 4.39 Å². The van der Waals surface area contributed by atoms with E-state index in [2.05, 4.69) is 25.7 Å². The van der Waals surface area contributed by atoms with Gasteiger partial charge in [-0.3, -0.25) is 0 Å². The average molecular weight is 298 g/mol. The van der Waals surface area contributed by atoms with E-state index in [1.54, 1.807) is 17.8 Å². The molecule has 0 aromatic heterocycles. The Balaban J connectivity index is 2.45. The van der Waals surface area contributed by atoms with Crippen LogP contribution in [0.15, 0.2) is 29.2 Å². The Bertz CT molecular complexity index is 396. The second-order valence-electron chi connectivity index (χ2n) is 5.92. The van der Waals surface area contributed by atoms with Crippen LogP contribution in [0.5, 0.6) is 0 Å². The molecule has 0 unspecified atom stereocenters. The molecule has 0 heterocycles. The zero-order valence-electron chi connectivity index (χ0n) is 12.9. The highest BCUT2D eigenvalue weighted by molar-refractivity contribution is 7.99. The summed E-state index contributed by atoms with van der Waals surface area (Å²) in [5, 5.41) is 0. The molecule has 0 aliphatic heterocycles. The maximum Gasteiger partial charge on any atom is 0.136 e. The molecule has 0 saturated carbocycles. The zero-order chi connectivity index (χ0) is 15.0. The van der Waals surface area contributed by atoms with Crippen molar-refractivity contribution < 1.29 is 4.39 Å². The molecule has 114 valence electrons. The lowest BCUT2D eigenvalue weighted by Crippen LogP contribution is -2.40. The number of hydrogen-bond acceptors (Lipinski definition) is 3. The molecule has 4 heteroatoms. The first-order valence-corrected chi connectivity index (χ1v) is 8.27. The third kappa shape index (κ3) is 6.25. The molecule has 0 atom stereocenters. The SMILES string of the molecule is CCCN(CCSc1ccccc1F)CC(C)(C)CN. The molecule has 0 radical (unpaired) electrons. The van der Waals surface area contributed by atoms with E-state index in [1.165, 1.54) is 6.07 Å². The summed E-state index contributed by atoms with van der Waals surface area (Å²) in [5.74, 6) is 0.781. The van der Waals surface area contributed by atoms with Crippen molar-refractivity contribution in [3.05, 3.63) is 30.1 Å². The molecule has 0 saturated heterocycles. The summed E-state index contributed by atoms with van der Waals surface area (Å²) in [5.41, 5.74) is 5.95. The number of halogens is 1. The molecule has 0 aliphatic rings. The highest BCUT2D eigenvalue weighted by Gasteiger charge is 2.19. The van der Waals surface area contributed by atoms with Crippen LogP contribution in [-0.2, 0) is 0 Å². The molecule has 0 fully saturated rings. The van der Waals surface area contributed by atoms with Crippen molar-refractivity contribution in [3.8, 4) is 0 Å². The predicted octanol–water partition coefficient (Wildman–Crippen LogP) is 3.61. The van der Waals surface area contributed by atoms with Crippen LogP contribution in [-0.4, -0.2) is 36.8 Å². The quantitative estimate of drug-likeness (QED) is 0.706. The van der Waals surface area contributed by atoms with Crippen LogP contribution in [0.1, 0.15) is 27.2 Å². The first-order chi connectivity index (χ1) is 9.48. The summed E-state index contributed by atoms with van der Waals surface area (Å²) in [6.07, 6.45) is 1.13. The van der Waals surface area contributed by atoms with E-state index in [4.69, 9.17) is 5.73 Å². The maximum absolute atomic E-state index is 13.5. The van der Waals surface area contributed by atoms with Gasteiger partial charge in [-0.25, -0.2) is 4.39 Å². The minimum Gasteiger partial charge on any atom is -0.330 e. The van der Waals surface area contributed by atoms with Gasteiger partial charge in [0.2, 0.25) is 0 Å². The van der Waals surface area contributed by atoms with Gasteiger partial charge in [0.1, 0.15) is 5.82 Å². The van der Waals surface area contributed by atoms with Gasteiger partial charge in [0.25, 0.3) is 0 Å². The number of thioether (sulfide) groups is 1. The van der Waals surface area contributed by atoms with Gasteiger partial charge in [-0.15, -0.1) is 11.8 Å². The molecule has 0 spiro atoms. The van der Waals surface area contributed by atoms with Crippen LogP contribution in [0.3, 0.4) is 0 Å². The number of nitrogens with zero attached hydrogens (tertiary/aromatic N) is 1. The van der Waals surface area contributed by atoms with Crippen molar-refractivity contribution in [3.63, 3.8) is 0 Å². The number of nitrogens with two attached hydrogens (primary N) is 1. The van der Waals surface area contributed by atoms with E-state index >= 15 is 0 Å². The van der Waals surface area contributed by atoms with Gasteiger partial charge >= 0.3 is 0 Å². The van der Waals surface area contributed by atoms with Crippen LogP contribution in [0, 0.1) is 11.2 Å². The molecule has 0 aliphatic carbocycles. The Morgan fingerprint density at radius 3 is 2.55 bits per heavy atom. The minimum absolute atomic E-state index is 0.123. The summed E-state index contributed by atoms with van der Waals surface area (Å²) in [6, 6.07) is 6.97. The summed E-state index contributed by atoms with van der Waals surface area (Å²) >= 11 is 1.59. The van der Waals surface area contributed by atoms with E-state index in [0.29, 0.717) is 6.54 Å². The molecular weight excluding hydrogens is 271 g/mol. The van der Waals surface area contributed by atoms with Gasteiger partial charge in [0, 0.05) is 23.7 Å². The van der Waals surface area contributed by atoms with Crippen molar-refractivity contribution in [2.45, 2.75) is 32.1 Å². The Hall–Kier alpha value is -0.580. The highest BCUT2D eigenvalue weighted by Crippen LogP contribution is 2.22. The van der Waals surface area contributed by atoms with Crippen LogP contribution in [0.4, 0.5) is 4.39 Å². The van der Waals surface area contributed by atoms with Gasteiger partial charge in [0.15, 0.2) is 0 Å². The normalized spacial score (nSPS) is 12.1. The topological polar surface area (TPSA) is 29.3 Å². The summed E-state index contributed by atoms with van der Waals surface area (Å²) in [6.45, 7) is 10.3. The van der Waals surface area contributed by atoms with Gasteiger partial charge in [-0.1, -0.05) is 32.9 Å². The first kappa shape index (κ1) is 17.5. The Morgan fingerprint density at radius 2 is 1.95 bits per heavy atom. The highest BCUT2D eigenvalue weighted by atomic mass is 32.2. The lowest BCUT2D eigenvalue weighted by atomic mass is 9.93. The summed E-state index contributed by atoms with van der Waals surface area (Å²) < 4.78 is 13.5. The van der Waals surface area contributed by atoms with E-state index < -0.39 is 0 Å². The molecule has 1 aromatic rings. The number of rotatable bonds is 9. The van der Waals surface area contributed by atoms with Crippen LogP contribution in [0.2, 0.25) is 0 Å². The van der Waals surface area contributed by atoms with Gasteiger partial charge < -0.3 is 10.6 Å². The third-order valence-electron chi connectivity index (χ3n) is 3.25. The second-order valence-corrected chi connectivity index (χ2v) is 7.06. The largest absolute Gasteiger partial charge is 0.330 e. The average Bonchev–Trinajstić information content (AvgIpc) is 2.41. The standard InChI is InChI=1S/C16H27FN2S/c1-4-9-19(13-16(2,3)12-18)10-11-20-15-8-6-5-7-14(15)17/h5-8H,4,9-13,18H2,1-3H3. The van der Waals surface area contributed by atoms with Gasteiger partial charge in [-0.2, -0.15) is 0 Å². The molecule has 1 rings (SSSR count). The molecule has 0 bridgehead atoms. The first-order valence-electron chi connectivity index (χ1n) is 7.28. The monoisotopic (exact) mass is 298 g/mol. The summed E-state index contributed by atoms with van der Waals surface area (Å²) in [4.78, 5) is 3.17. The van der Waals surface area contributed by atoms with Crippen LogP contribution >= 0.6 is 11.8 Å². The zero-order valence-corrected chi connectivity index (χ0v) is 13.7. The molecule has 2 N–H and O–H groups in total. The van der Waals surface area contributed by atoms with E-state index in [0.717, 1.165) is 36.7 Å². The fourth-order valence-corrected chi connectivity index (χ4v) is 3.05. The van der Waals surface area contributed by atoms with E-state index in [1.807, 2.05) is 12.1 Å². The number of hydrogen-bond donors (Lipinski definition) is 1. The fourth-order valence-electron chi connectivity index (χ4n) is 2.10. The Kier molecular flexibility index (Phi) is 7.56. The molecule has 0 amide bonds. The fraction of sp³-hybridized carbons (Fsp3) is 0.625. The molecular formula is C16H27FN2S. The summed E-state index contributed by atoms with van der Waals surface area (Å²) in [7, 11) is 0. The van der Waals surface area contributed by atoms with Crippen molar-refractivity contribution in [1.82, 2.24) is 4.90 Å². The lowest BCUT2D eigenvalue weighted by molar-refractivity contribution is 0.192. The molecule has 2 nitrogen and oxygen atoms in total. The van der Waals surface area contributed by atoms with Gasteiger partial charge in [0.05, 0.1) is 0 Å². The Labute approximate surface area is 126 Å². The smallest absolute Gasteiger partial charge is 0.136 e. The van der Waals surface area contributed by atoms with Crippen molar-refractivity contribution >= 4 is 11.8 Å². The van der Waals surface area contributed by atoms with Crippen LogP contribution < -0.4 is 5.73 Å². The lowest BCUT2D eigenvalue weighted by Gasteiger charge is -2.31. The number of benzene rings is 1. The Morgan fingerprint density at radius 1 is 1.25 bits per heavy atom. The molecule has 20 heavy (non-hydrogen) atoms. The minimum atomic E-state index is -0.123. The van der Waals surface area contributed by atoms with Crippen molar-refractivity contribution in [2.24, 2.45) is 11.1 Å². The van der Waals surface area contributed by atoms with Crippen molar-refractivity contribution in [2.75, 3.05) is 31.9 Å². The van der Waals surface area contributed by atoms with Crippen molar-refractivity contribution in [1.29, 1.82) is 0 Å². The maximum atomic E-state index is 13.5. The second kappa shape index (κ2) is 8.65. The third-order valence-corrected chi connectivity index (χ3v) is 4.27. The predicted molar refractivity (Wildman–Crippen MR) is 86.7 cm³/mol. The van der Waals surface area contributed by atoms with Crippen LogP contribution in [0.25, 0.3) is 0 Å². The van der Waals surface area contributed by atoms with Gasteiger partial charge in [-0.05, 0) is 37.1 Å².